The first-order chi connectivity index (χ1) is 14.4. The first-order valence-electron chi connectivity index (χ1n) is 9.45. The summed E-state index contributed by atoms with van der Waals surface area (Å²) in [4.78, 5) is 27.5. The molecule has 0 saturated heterocycles. The summed E-state index contributed by atoms with van der Waals surface area (Å²) < 4.78 is 7.91. The Balaban J connectivity index is 3.31. The number of alkyl halides is 7. The SMILES string of the molecule is O[Si](O)(O)OCC(Br)(Br)C(Cl)(Br)Oc1ccc(CCCCl)c(CCCCl)c1CCCCl. The smallest absolute Gasteiger partial charge is 0.459 e. The second kappa shape index (κ2) is 14.3. The van der Waals surface area contributed by atoms with Crippen molar-refractivity contribution < 1.29 is 23.5 Å². The van der Waals surface area contributed by atoms with Gasteiger partial charge in [-0.15, -0.1) is 34.8 Å². The molecule has 3 N–H and O–H groups in total. The lowest BCUT2D eigenvalue weighted by atomic mass is 9.91. The van der Waals surface area contributed by atoms with E-state index in [1.807, 2.05) is 12.1 Å². The lowest BCUT2D eigenvalue weighted by Crippen LogP contribution is -2.49. The van der Waals surface area contributed by atoms with E-state index in [2.05, 4.69) is 47.8 Å². The van der Waals surface area contributed by atoms with Crippen LogP contribution < -0.4 is 4.74 Å². The summed E-state index contributed by atoms with van der Waals surface area (Å²) in [7, 11) is -4.74. The molecule has 0 aliphatic carbocycles. The van der Waals surface area contributed by atoms with Gasteiger partial charge in [-0.1, -0.05) is 49.5 Å². The van der Waals surface area contributed by atoms with Gasteiger partial charge in [0, 0.05) is 17.6 Å². The molecular weight excluding hydrogens is 706 g/mol. The Morgan fingerprint density at radius 2 is 1.35 bits per heavy atom. The molecule has 31 heavy (non-hydrogen) atoms. The van der Waals surface area contributed by atoms with Crippen LogP contribution in [0.2, 0.25) is 0 Å². The quantitative estimate of drug-likeness (QED) is 0.158. The Labute approximate surface area is 229 Å². The minimum absolute atomic E-state index is 0.415. The lowest BCUT2D eigenvalue weighted by molar-refractivity contribution is 0.0547. The second-order valence-corrected chi connectivity index (χ2v) is 15.2. The van der Waals surface area contributed by atoms with Crippen molar-refractivity contribution in [3.8, 4) is 5.75 Å². The molecule has 13 heteroatoms. The number of aryl methyl sites for hydroxylation is 1. The summed E-state index contributed by atoms with van der Waals surface area (Å²) in [6.45, 7) is -0.415. The molecular formula is C18H25Br3Cl4O5Si. The predicted octanol–water partition coefficient (Wildman–Crippen LogP) is 5.78. The van der Waals surface area contributed by atoms with Crippen LogP contribution in [0.3, 0.4) is 0 Å². The first-order valence-corrected chi connectivity index (χ1v) is 15.6. The molecule has 0 fully saturated rings. The van der Waals surface area contributed by atoms with Gasteiger partial charge in [-0.05, 0) is 77.2 Å². The van der Waals surface area contributed by atoms with Crippen molar-refractivity contribution in [1.29, 1.82) is 0 Å². The van der Waals surface area contributed by atoms with E-state index in [0.29, 0.717) is 29.8 Å². The maximum Gasteiger partial charge on any atom is 0.671 e. The lowest BCUT2D eigenvalue weighted by Gasteiger charge is -2.35. The van der Waals surface area contributed by atoms with E-state index in [0.717, 1.165) is 43.2 Å². The fourth-order valence-corrected chi connectivity index (χ4v) is 4.92. The summed E-state index contributed by atoms with van der Waals surface area (Å²) in [5.74, 6) is 2.13. The number of hydrogen-bond donors (Lipinski definition) is 3. The standard InChI is InChI=1S/C18H25Br3Cl4O5Si/c19-17(20,12-29-31(26,27)28)18(21,25)30-16-8-7-13(4-1-9-22)14(5-2-10-23)15(16)6-3-11-24/h7-8,26-28H,1-6,9-12H2. The van der Waals surface area contributed by atoms with Gasteiger partial charge in [-0.3, -0.25) is 0 Å². The average Bonchev–Trinajstić information content (AvgIpc) is 2.68. The molecule has 0 heterocycles. The molecule has 0 amide bonds. The van der Waals surface area contributed by atoms with Crippen LogP contribution in [0.5, 0.6) is 5.75 Å². The van der Waals surface area contributed by atoms with Crippen molar-refractivity contribution in [2.24, 2.45) is 0 Å². The van der Waals surface area contributed by atoms with E-state index in [1.54, 1.807) is 0 Å². The number of ether oxygens (including phenoxy) is 1. The highest BCUT2D eigenvalue weighted by Gasteiger charge is 2.51. The van der Waals surface area contributed by atoms with E-state index in [1.165, 1.54) is 5.56 Å². The highest BCUT2D eigenvalue weighted by atomic mass is 79.9. The number of benzene rings is 1. The molecule has 0 aliphatic heterocycles. The highest BCUT2D eigenvalue weighted by Crippen LogP contribution is 2.49. The van der Waals surface area contributed by atoms with Crippen LogP contribution in [-0.2, 0) is 23.7 Å². The van der Waals surface area contributed by atoms with E-state index in [4.69, 9.17) is 70.0 Å². The van der Waals surface area contributed by atoms with E-state index >= 15 is 0 Å². The largest absolute Gasteiger partial charge is 0.671 e. The topological polar surface area (TPSA) is 79.2 Å². The van der Waals surface area contributed by atoms with Crippen molar-refractivity contribution in [2.75, 3.05) is 24.2 Å². The molecule has 1 aromatic carbocycles. The Kier molecular flexibility index (Phi) is 14.2. The zero-order chi connectivity index (χ0) is 23.7. The summed E-state index contributed by atoms with van der Waals surface area (Å²) >= 11 is 34.4. The van der Waals surface area contributed by atoms with Crippen molar-refractivity contribution >= 4 is 103 Å². The van der Waals surface area contributed by atoms with Gasteiger partial charge < -0.3 is 23.5 Å². The molecule has 180 valence electrons. The Morgan fingerprint density at radius 3 is 1.87 bits per heavy atom. The summed E-state index contributed by atoms with van der Waals surface area (Å²) in [6.07, 6.45) is 4.68. The zero-order valence-electron chi connectivity index (χ0n) is 16.5. The summed E-state index contributed by atoms with van der Waals surface area (Å²) in [6, 6.07) is 3.83. The van der Waals surface area contributed by atoms with Gasteiger partial charge in [0.1, 0.15) is 5.75 Å². The Bertz CT molecular complexity index is 693. The minimum atomic E-state index is -4.74. The first kappa shape index (κ1) is 30.7. The minimum Gasteiger partial charge on any atom is -0.459 e. The van der Waals surface area contributed by atoms with Crippen LogP contribution in [-0.4, -0.2) is 54.9 Å². The van der Waals surface area contributed by atoms with Crippen LogP contribution >= 0.6 is 94.2 Å². The van der Waals surface area contributed by atoms with Gasteiger partial charge in [0.25, 0.3) is 3.97 Å². The van der Waals surface area contributed by atoms with E-state index in [9.17, 15) is 0 Å². The molecule has 0 saturated carbocycles. The van der Waals surface area contributed by atoms with E-state index in [-0.39, 0.29) is 0 Å². The molecule has 1 unspecified atom stereocenters. The predicted molar refractivity (Wildman–Crippen MR) is 141 cm³/mol. The molecule has 1 aromatic rings. The molecule has 0 spiro atoms. The average molecular weight is 731 g/mol. The van der Waals surface area contributed by atoms with Gasteiger partial charge >= 0.3 is 9.05 Å². The van der Waals surface area contributed by atoms with Gasteiger partial charge in [-0.25, -0.2) is 0 Å². The molecule has 1 rings (SSSR count). The maximum absolute atomic E-state index is 9.15. The molecule has 0 aliphatic rings. The van der Waals surface area contributed by atoms with E-state index < -0.39 is 22.9 Å². The van der Waals surface area contributed by atoms with Gasteiger partial charge in [0.05, 0.1) is 6.61 Å². The van der Waals surface area contributed by atoms with Crippen LogP contribution in [0.25, 0.3) is 0 Å². The molecule has 1 atom stereocenters. The van der Waals surface area contributed by atoms with Crippen LogP contribution in [0, 0.1) is 0 Å². The van der Waals surface area contributed by atoms with Gasteiger partial charge in [0.15, 0.2) is 3.23 Å². The fraction of sp³-hybridized carbons (Fsp3) is 0.667. The third-order valence-corrected chi connectivity index (χ3v) is 9.96. The number of hydrogen-bond acceptors (Lipinski definition) is 5. The Morgan fingerprint density at radius 1 is 0.839 bits per heavy atom. The number of rotatable bonds is 15. The summed E-state index contributed by atoms with van der Waals surface area (Å²) in [5.41, 5.74) is 3.31. The molecule has 5 nitrogen and oxygen atoms in total. The molecule has 0 aromatic heterocycles. The third kappa shape index (κ3) is 10.4. The second-order valence-electron chi connectivity index (χ2n) is 6.74. The van der Waals surface area contributed by atoms with Crippen molar-refractivity contribution in [2.45, 2.75) is 45.7 Å². The van der Waals surface area contributed by atoms with Crippen LogP contribution in [0.4, 0.5) is 0 Å². The van der Waals surface area contributed by atoms with Crippen LogP contribution in [0.1, 0.15) is 36.0 Å². The molecule has 0 bridgehead atoms. The monoisotopic (exact) mass is 726 g/mol. The van der Waals surface area contributed by atoms with Crippen molar-refractivity contribution in [3.05, 3.63) is 28.8 Å². The van der Waals surface area contributed by atoms with Gasteiger partial charge in [-0.2, -0.15) is 0 Å². The Hall–Kier alpha value is 1.68. The third-order valence-electron chi connectivity index (χ3n) is 4.30. The van der Waals surface area contributed by atoms with Crippen molar-refractivity contribution in [3.63, 3.8) is 0 Å². The van der Waals surface area contributed by atoms with Crippen LogP contribution in [0.15, 0.2) is 12.1 Å². The zero-order valence-corrected chi connectivity index (χ0v) is 25.3. The molecule has 0 radical (unpaired) electrons. The van der Waals surface area contributed by atoms with Crippen molar-refractivity contribution in [1.82, 2.24) is 0 Å². The maximum atomic E-state index is 9.15. The fourth-order valence-electron chi connectivity index (χ4n) is 2.86. The van der Waals surface area contributed by atoms with Gasteiger partial charge in [0.2, 0.25) is 0 Å². The number of halogens is 7. The summed E-state index contributed by atoms with van der Waals surface area (Å²) in [5, 5.41) is 0. The normalized spacial score (nSPS) is 14.5. The highest BCUT2D eigenvalue weighted by molar-refractivity contribution is 9.26.